The molecule has 122 valence electrons. The largest absolute Gasteiger partial charge is 0.346 e. The van der Waals surface area contributed by atoms with Crippen molar-refractivity contribution >= 4 is 28.1 Å². The fourth-order valence-corrected chi connectivity index (χ4v) is 3.50. The Kier molecular flexibility index (Phi) is 4.93. The molecule has 2 aromatic rings. The highest BCUT2D eigenvalue weighted by Crippen LogP contribution is 2.20. The van der Waals surface area contributed by atoms with Gasteiger partial charge >= 0.3 is 0 Å². The smallest absolute Gasteiger partial charge is 0.241 e. The fourth-order valence-electron chi connectivity index (χ4n) is 2.81. The van der Waals surface area contributed by atoms with Crippen molar-refractivity contribution in [2.45, 2.75) is 19.9 Å². The first-order valence-corrected chi connectivity index (χ1v) is 8.77. The van der Waals surface area contributed by atoms with Crippen LogP contribution < -0.4 is 10.2 Å². The third kappa shape index (κ3) is 3.89. The fraction of sp³-hybridized carbons (Fsp3) is 0.412. The van der Waals surface area contributed by atoms with E-state index in [0.717, 1.165) is 42.6 Å². The van der Waals surface area contributed by atoms with Gasteiger partial charge in [-0.2, -0.15) is 0 Å². The average Bonchev–Trinajstić information content (AvgIpc) is 3.09. The zero-order valence-electron chi connectivity index (χ0n) is 13.5. The van der Waals surface area contributed by atoms with Gasteiger partial charge in [0.05, 0.1) is 6.04 Å². The monoisotopic (exact) mass is 330 g/mol. The van der Waals surface area contributed by atoms with Crippen molar-refractivity contribution in [2.24, 2.45) is 0 Å². The Morgan fingerprint density at radius 1 is 1.30 bits per heavy atom. The van der Waals surface area contributed by atoms with Crippen molar-refractivity contribution < 1.29 is 4.79 Å². The summed E-state index contributed by atoms with van der Waals surface area (Å²) >= 11 is 1.67. The molecule has 1 atom stereocenters. The SMILES string of the molecule is Cc1cccc(NC(=O)C(C)N2CCN(c3nccs3)CC2)c1. The first kappa shape index (κ1) is 16.0. The molecule has 1 aromatic carbocycles. The van der Waals surface area contributed by atoms with E-state index < -0.39 is 0 Å². The van der Waals surface area contributed by atoms with E-state index in [1.54, 1.807) is 11.3 Å². The molecule has 23 heavy (non-hydrogen) atoms. The number of hydrogen-bond donors (Lipinski definition) is 1. The molecule has 1 aliphatic heterocycles. The lowest BCUT2D eigenvalue weighted by atomic mass is 10.2. The number of hydrogen-bond acceptors (Lipinski definition) is 5. The number of rotatable bonds is 4. The predicted octanol–water partition coefficient (Wildman–Crippen LogP) is 2.60. The maximum absolute atomic E-state index is 12.5. The Morgan fingerprint density at radius 2 is 2.09 bits per heavy atom. The van der Waals surface area contributed by atoms with Crippen LogP contribution in [0, 0.1) is 6.92 Å². The molecule has 0 saturated carbocycles. The first-order valence-electron chi connectivity index (χ1n) is 7.89. The number of aryl methyl sites for hydroxylation is 1. The molecule has 1 amide bonds. The summed E-state index contributed by atoms with van der Waals surface area (Å²) in [6, 6.07) is 7.77. The predicted molar refractivity (Wildman–Crippen MR) is 95.2 cm³/mol. The van der Waals surface area contributed by atoms with E-state index in [-0.39, 0.29) is 11.9 Å². The minimum Gasteiger partial charge on any atom is -0.346 e. The standard InChI is InChI=1S/C17H22N4OS/c1-13-4-3-5-15(12-13)19-16(22)14(2)20-7-9-21(10-8-20)17-18-6-11-23-17/h3-6,11-12,14H,7-10H2,1-2H3,(H,19,22). The van der Waals surface area contributed by atoms with E-state index in [1.807, 2.05) is 49.7 Å². The van der Waals surface area contributed by atoms with Crippen LogP contribution in [0.4, 0.5) is 10.8 Å². The van der Waals surface area contributed by atoms with Gasteiger partial charge < -0.3 is 10.2 Å². The molecule has 5 nitrogen and oxygen atoms in total. The van der Waals surface area contributed by atoms with E-state index in [0.29, 0.717) is 0 Å². The Balaban J connectivity index is 1.54. The molecule has 6 heteroatoms. The molecule has 3 rings (SSSR count). The van der Waals surface area contributed by atoms with E-state index in [1.165, 1.54) is 0 Å². The third-order valence-corrected chi connectivity index (χ3v) is 5.05. The average molecular weight is 330 g/mol. The highest BCUT2D eigenvalue weighted by molar-refractivity contribution is 7.13. The molecule has 0 bridgehead atoms. The quantitative estimate of drug-likeness (QED) is 0.936. The Morgan fingerprint density at radius 3 is 2.74 bits per heavy atom. The van der Waals surface area contributed by atoms with E-state index >= 15 is 0 Å². The summed E-state index contributed by atoms with van der Waals surface area (Å²) in [7, 11) is 0. The maximum Gasteiger partial charge on any atom is 0.241 e. The summed E-state index contributed by atoms with van der Waals surface area (Å²) in [5.41, 5.74) is 2.01. The summed E-state index contributed by atoms with van der Waals surface area (Å²) in [6.07, 6.45) is 1.84. The molecule has 2 heterocycles. The highest BCUT2D eigenvalue weighted by atomic mass is 32.1. The summed E-state index contributed by atoms with van der Waals surface area (Å²) in [5, 5.41) is 6.08. The molecule has 1 aliphatic rings. The second-order valence-corrected chi connectivity index (χ2v) is 6.75. The van der Waals surface area contributed by atoms with E-state index in [9.17, 15) is 4.79 Å². The number of piperazine rings is 1. The van der Waals surface area contributed by atoms with Crippen LogP contribution in [0.5, 0.6) is 0 Å². The van der Waals surface area contributed by atoms with Crippen LogP contribution in [-0.2, 0) is 4.79 Å². The van der Waals surface area contributed by atoms with Crippen molar-refractivity contribution in [2.75, 3.05) is 36.4 Å². The Labute approximate surface area is 140 Å². The van der Waals surface area contributed by atoms with Crippen LogP contribution in [0.15, 0.2) is 35.8 Å². The van der Waals surface area contributed by atoms with Gasteiger partial charge in [0.1, 0.15) is 0 Å². The lowest BCUT2D eigenvalue weighted by Gasteiger charge is -2.37. The normalized spacial score (nSPS) is 17.0. The zero-order chi connectivity index (χ0) is 16.2. The molecular weight excluding hydrogens is 308 g/mol. The number of aromatic nitrogens is 1. The number of anilines is 2. The zero-order valence-corrected chi connectivity index (χ0v) is 14.3. The minimum absolute atomic E-state index is 0.0540. The van der Waals surface area contributed by atoms with Gasteiger partial charge in [0, 0.05) is 43.4 Å². The molecule has 1 N–H and O–H groups in total. The van der Waals surface area contributed by atoms with Crippen LogP contribution in [-0.4, -0.2) is 48.0 Å². The van der Waals surface area contributed by atoms with E-state index in [2.05, 4.69) is 20.1 Å². The van der Waals surface area contributed by atoms with Gasteiger partial charge in [-0.15, -0.1) is 11.3 Å². The molecule has 0 aliphatic carbocycles. The maximum atomic E-state index is 12.5. The lowest BCUT2D eigenvalue weighted by Crippen LogP contribution is -2.52. The minimum atomic E-state index is -0.131. The number of amides is 1. The number of carbonyl (C=O) groups is 1. The van der Waals surface area contributed by atoms with E-state index in [4.69, 9.17) is 0 Å². The lowest BCUT2D eigenvalue weighted by molar-refractivity contribution is -0.120. The van der Waals surface area contributed by atoms with Crippen molar-refractivity contribution in [1.82, 2.24) is 9.88 Å². The second-order valence-electron chi connectivity index (χ2n) is 5.87. The van der Waals surface area contributed by atoms with Crippen molar-refractivity contribution in [3.05, 3.63) is 41.4 Å². The molecule has 1 fully saturated rings. The van der Waals surface area contributed by atoms with Gasteiger partial charge in [-0.25, -0.2) is 4.98 Å². The number of thiazole rings is 1. The van der Waals surface area contributed by atoms with Gasteiger partial charge in [-0.05, 0) is 31.5 Å². The molecular formula is C17H22N4OS. The van der Waals surface area contributed by atoms with Gasteiger partial charge in [0.25, 0.3) is 0 Å². The Hall–Kier alpha value is -1.92. The van der Waals surface area contributed by atoms with Crippen LogP contribution >= 0.6 is 11.3 Å². The van der Waals surface area contributed by atoms with Gasteiger partial charge in [-0.1, -0.05) is 12.1 Å². The van der Waals surface area contributed by atoms with Crippen LogP contribution in [0.2, 0.25) is 0 Å². The van der Waals surface area contributed by atoms with Crippen LogP contribution in [0.1, 0.15) is 12.5 Å². The summed E-state index contributed by atoms with van der Waals surface area (Å²) < 4.78 is 0. The molecule has 1 saturated heterocycles. The number of carbonyl (C=O) groups excluding carboxylic acids is 1. The Bertz CT molecular complexity index is 650. The second kappa shape index (κ2) is 7.10. The molecule has 1 unspecified atom stereocenters. The van der Waals surface area contributed by atoms with Crippen molar-refractivity contribution in [1.29, 1.82) is 0 Å². The van der Waals surface area contributed by atoms with Crippen LogP contribution in [0.25, 0.3) is 0 Å². The molecule has 0 spiro atoms. The molecule has 0 radical (unpaired) electrons. The summed E-state index contributed by atoms with van der Waals surface area (Å²) in [5.74, 6) is 0.0540. The van der Waals surface area contributed by atoms with Crippen molar-refractivity contribution in [3.63, 3.8) is 0 Å². The van der Waals surface area contributed by atoms with Gasteiger partial charge in [-0.3, -0.25) is 9.69 Å². The van der Waals surface area contributed by atoms with Gasteiger partial charge in [0.2, 0.25) is 5.91 Å². The first-order chi connectivity index (χ1) is 11.1. The highest BCUT2D eigenvalue weighted by Gasteiger charge is 2.26. The summed E-state index contributed by atoms with van der Waals surface area (Å²) in [4.78, 5) is 21.3. The topological polar surface area (TPSA) is 48.5 Å². The van der Waals surface area contributed by atoms with Gasteiger partial charge in [0.15, 0.2) is 5.13 Å². The number of nitrogens with zero attached hydrogens (tertiary/aromatic N) is 3. The number of benzene rings is 1. The molecule has 1 aromatic heterocycles. The van der Waals surface area contributed by atoms with Crippen LogP contribution in [0.3, 0.4) is 0 Å². The third-order valence-electron chi connectivity index (χ3n) is 4.22. The summed E-state index contributed by atoms with van der Waals surface area (Å²) in [6.45, 7) is 7.58. The van der Waals surface area contributed by atoms with Crippen molar-refractivity contribution in [3.8, 4) is 0 Å². The number of nitrogens with one attached hydrogen (secondary N) is 1.